The predicted octanol–water partition coefficient (Wildman–Crippen LogP) is 0.671. The molecular formula is C3H2Br2N2O2. The maximum Gasteiger partial charge on any atom is 0.351 e. The molecule has 0 unspecified atom stereocenters. The van der Waals surface area contributed by atoms with Gasteiger partial charge in [0.15, 0.2) is 0 Å². The van der Waals surface area contributed by atoms with Crippen molar-refractivity contribution in [3.05, 3.63) is 16.7 Å². The molecule has 0 fully saturated rings. The van der Waals surface area contributed by atoms with Gasteiger partial charge >= 0.3 is 5.69 Å². The Hall–Kier alpha value is -0.230. The van der Waals surface area contributed by atoms with Crippen molar-refractivity contribution in [3.8, 4) is 5.88 Å². The van der Waals surface area contributed by atoms with Gasteiger partial charge in [-0.15, -0.1) is 0 Å². The normalized spacial score (nSPS) is 10.0. The Balaban J connectivity index is 3.48. The number of rotatable bonds is 0. The molecule has 0 atom stereocenters. The first-order valence-corrected chi connectivity index (χ1v) is 3.40. The van der Waals surface area contributed by atoms with Crippen molar-refractivity contribution < 1.29 is 5.11 Å². The number of hydrogen-bond acceptors (Lipinski definition) is 2. The van der Waals surface area contributed by atoms with Crippen LogP contribution in [0.5, 0.6) is 5.88 Å². The number of hydrogen-bond donors (Lipinski definition) is 1. The maximum atomic E-state index is 10.7. The van der Waals surface area contributed by atoms with Gasteiger partial charge in [0.2, 0.25) is 5.88 Å². The summed E-state index contributed by atoms with van der Waals surface area (Å²) in [6, 6.07) is 0. The first-order chi connectivity index (χ1) is 4.13. The van der Waals surface area contributed by atoms with Gasteiger partial charge in [-0.25, -0.2) is 8.39 Å². The van der Waals surface area contributed by atoms with Crippen LogP contribution in [0.15, 0.2) is 11.0 Å². The minimum Gasteiger partial charge on any atom is -0.493 e. The summed E-state index contributed by atoms with van der Waals surface area (Å²) in [6.07, 6.45) is 1.23. The van der Waals surface area contributed by atoms with Crippen molar-refractivity contribution in [2.45, 2.75) is 0 Å². The molecule has 50 valence electrons. The van der Waals surface area contributed by atoms with E-state index >= 15 is 0 Å². The Morgan fingerprint density at radius 1 is 1.56 bits per heavy atom. The first kappa shape index (κ1) is 6.88. The van der Waals surface area contributed by atoms with Crippen molar-refractivity contribution in [1.29, 1.82) is 0 Å². The van der Waals surface area contributed by atoms with E-state index in [0.717, 1.165) is 7.19 Å². The summed E-state index contributed by atoms with van der Waals surface area (Å²) < 4.78 is 2.01. The molecule has 1 aromatic rings. The van der Waals surface area contributed by atoms with Gasteiger partial charge in [-0.2, -0.15) is 3.59 Å². The number of nitrogens with zero attached hydrogens (tertiary/aromatic N) is 2. The Morgan fingerprint density at radius 2 is 2.11 bits per heavy atom. The highest BCUT2D eigenvalue weighted by molar-refractivity contribution is 9.08. The van der Waals surface area contributed by atoms with Gasteiger partial charge in [-0.1, -0.05) is 0 Å². The zero-order valence-corrected chi connectivity index (χ0v) is 7.26. The number of aromatic nitrogens is 2. The van der Waals surface area contributed by atoms with E-state index in [1.807, 2.05) is 0 Å². The Labute approximate surface area is 67.4 Å². The Morgan fingerprint density at radius 3 is 2.22 bits per heavy atom. The standard InChI is InChI=1S/C3H2Br2N2O2/c4-6-1-2(8)7(5)3(6)9/h1,8H. The molecule has 0 aromatic carbocycles. The van der Waals surface area contributed by atoms with Crippen LogP contribution in [0, 0.1) is 0 Å². The van der Waals surface area contributed by atoms with Crippen LogP contribution < -0.4 is 5.69 Å². The predicted molar refractivity (Wildman–Crippen MR) is 39.0 cm³/mol. The second-order valence-corrected chi connectivity index (χ2v) is 2.84. The van der Waals surface area contributed by atoms with E-state index in [1.165, 1.54) is 6.20 Å². The Bertz CT molecular complexity index is 276. The molecule has 0 aliphatic rings. The molecule has 0 amide bonds. The molecule has 0 aliphatic heterocycles. The topological polar surface area (TPSA) is 47.2 Å². The third-order valence-electron chi connectivity index (χ3n) is 0.781. The van der Waals surface area contributed by atoms with E-state index in [-0.39, 0.29) is 11.6 Å². The number of aromatic hydroxyl groups is 1. The van der Waals surface area contributed by atoms with Gasteiger partial charge in [-0.3, -0.25) is 0 Å². The highest BCUT2D eigenvalue weighted by Gasteiger charge is 2.03. The summed E-state index contributed by atoms with van der Waals surface area (Å²) in [6.45, 7) is 0. The summed E-state index contributed by atoms with van der Waals surface area (Å²) in [7, 11) is 0. The smallest absolute Gasteiger partial charge is 0.351 e. The molecule has 1 aromatic heterocycles. The van der Waals surface area contributed by atoms with Crippen molar-refractivity contribution in [2.24, 2.45) is 0 Å². The fourth-order valence-electron chi connectivity index (χ4n) is 0.389. The second-order valence-electron chi connectivity index (χ2n) is 1.36. The lowest BCUT2D eigenvalue weighted by Crippen LogP contribution is -2.12. The van der Waals surface area contributed by atoms with Crippen molar-refractivity contribution >= 4 is 32.3 Å². The molecule has 0 aliphatic carbocycles. The summed E-state index contributed by atoms with van der Waals surface area (Å²) in [5, 5.41) is 8.79. The molecule has 1 N–H and O–H groups in total. The first-order valence-electron chi connectivity index (χ1n) is 1.98. The van der Waals surface area contributed by atoms with Crippen LogP contribution in [0.25, 0.3) is 0 Å². The van der Waals surface area contributed by atoms with Crippen LogP contribution in [0.3, 0.4) is 0 Å². The van der Waals surface area contributed by atoms with E-state index < -0.39 is 0 Å². The van der Waals surface area contributed by atoms with Gasteiger partial charge in [0.05, 0.1) is 38.5 Å². The molecule has 0 saturated carbocycles. The van der Waals surface area contributed by atoms with Crippen LogP contribution in [-0.4, -0.2) is 12.3 Å². The van der Waals surface area contributed by atoms with Crippen molar-refractivity contribution in [3.63, 3.8) is 0 Å². The van der Waals surface area contributed by atoms with Gasteiger partial charge in [0.25, 0.3) is 0 Å². The highest BCUT2D eigenvalue weighted by Crippen LogP contribution is 2.08. The summed E-state index contributed by atoms with van der Waals surface area (Å²) in [4.78, 5) is 10.7. The monoisotopic (exact) mass is 256 g/mol. The molecule has 1 rings (SSSR count). The number of imidazole rings is 1. The van der Waals surface area contributed by atoms with E-state index in [4.69, 9.17) is 5.11 Å². The summed E-state index contributed by atoms with van der Waals surface area (Å²) in [5.41, 5.74) is -0.382. The molecule has 6 heteroatoms. The maximum absolute atomic E-state index is 10.7. The molecule has 9 heavy (non-hydrogen) atoms. The van der Waals surface area contributed by atoms with Crippen LogP contribution in [0.1, 0.15) is 0 Å². The lowest BCUT2D eigenvalue weighted by molar-refractivity contribution is 0.451. The molecule has 0 radical (unpaired) electrons. The van der Waals surface area contributed by atoms with Gasteiger partial charge in [0, 0.05) is 0 Å². The van der Waals surface area contributed by atoms with E-state index in [1.54, 1.807) is 0 Å². The molecule has 0 saturated heterocycles. The molecular weight excluding hydrogens is 256 g/mol. The summed E-state index contributed by atoms with van der Waals surface area (Å²) >= 11 is 5.66. The minimum absolute atomic E-state index is 0.142. The van der Waals surface area contributed by atoms with E-state index in [0.29, 0.717) is 0 Å². The van der Waals surface area contributed by atoms with E-state index in [9.17, 15) is 4.79 Å². The van der Waals surface area contributed by atoms with Crippen LogP contribution >= 0.6 is 32.3 Å². The summed E-state index contributed by atoms with van der Waals surface area (Å²) in [5.74, 6) is -0.142. The molecule has 0 spiro atoms. The van der Waals surface area contributed by atoms with E-state index in [2.05, 4.69) is 32.3 Å². The van der Waals surface area contributed by atoms with Crippen LogP contribution in [-0.2, 0) is 0 Å². The van der Waals surface area contributed by atoms with Crippen LogP contribution in [0.4, 0.5) is 0 Å². The average Bonchev–Trinajstić information content (AvgIpc) is 1.98. The minimum atomic E-state index is -0.382. The molecule has 4 nitrogen and oxygen atoms in total. The SMILES string of the molecule is O=c1n(Br)cc(O)n1Br. The van der Waals surface area contributed by atoms with Crippen LogP contribution in [0.2, 0.25) is 0 Å². The quantitative estimate of drug-likeness (QED) is 0.743. The molecule has 0 bridgehead atoms. The average molecular weight is 258 g/mol. The Kier molecular flexibility index (Phi) is 1.67. The number of halogens is 2. The van der Waals surface area contributed by atoms with Gasteiger partial charge in [-0.05, 0) is 0 Å². The third kappa shape index (κ3) is 1.04. The zero-order chi connectivity index (χ0) is 7.02. The van der Waals surface area contributed by atoms with Crippen molar-refractivity contribution in [2.75, 3.05) is 0 Å². The van der Waals surface area contributed by atoms with Gasteiger partial charge in [0.1, 0.15) is 0 Å². The molecule has 1 heterocycles. The lowest BCUT2D eigenvalue weighted by Gasteiger charge is -1.81. The van der Waals surface area contributed by atoms with Crippen molar-refractivity contribution in [1.82, 2.24) is 7.19 Å². The fourth-order valence-corrected chi connectivity index (χ4v) is 1.21. The fraction of sp³-hybridized carbons (Fsp3) is 0. The largest absolute Gasteiger partial charge is 0.493 e. The zero-order valence-electron chi connectivity index (χ0n) is 4.08. The third-order valence-corrected chi connectivity index (χ3v) is 1.96. The lowest BCUT2D eigenvalue weighted by atomic mass is 10.9. The highest BCUT2D eigenvalue weighted by atomic mass is 79.9. The van der Waals surface area contributed by atoms with Gasteiger partial charge < -0.3 is 5.11 Å². The second kappa shape index (κ2) is 2.18.